The van der Waals surface area contributed by atoms with Gasteiger partial charge in [-0.25, -0.2) is 0 Å². The van der Waals surface area contributed by atoms with Crippen molar-refractivity contribution in [2.45, 2.75) is 13.8 Å². The fraction of sp³-hybridized carbons (Fsp3) is 1.00. The van der Waals surface area contributed by atoms with Crippen molar-refractivity contribution in [1.82, 2.24) is 5.32 Å². The van der Waals surface area contributed by atoms with Gasteiger partial charge in [0.1, 0.15) is 6.79 Å². The summed E-state index contributed by atoms with van der Waals surface area (Å²) in [6, 6.07) is 0. The highest BCUT2D eigenvalue weighted by Crippen LogP contribution is 1.74. The molecule has 0 heterocycles. The lowest BCUT2D eigenvalue weighted by Crippen LogP contribution is -1.97. The van der Waals surface area contributed by atoms with Crippen LogP contribution in [-0.4, -0.2) is 34.1 Å². The summed E-state index contributed by atoms with van der Waals surface area (Å²) in [4.78, 5) is 0. The van der Waals surface area contributed by atoms with Crippen LogP contribution in [0.15, 0.2) is 0 Å². The Kier molecular flexibility index (Phi) is 20.0. The fourth-order valence-corrected chi connectivity index (χ4v) is 0.226. The molecule has 3 nitrogen and oxygen atoms in total. The maximum Gasteiger partial charge on any atom is 0.146 e. The van der Waals surface area contributed by atoms with Gasteiger partial charge in [-0.05, 0) is 27.9 Å². The molecule has 0 radical (unpaired) electrons. The molecule has 0 rings (SSSR count). The normalized spacial score (nSPS) is 8.40. The van der Waals surface area contributed by atoms with Gasteiger partial charge in [-0.2, -0.15) is 0 Å². The van der Waals surface area contributed by atoms with Gasteiger partial charge in [0.2, 0.25) is 0 Å². The molecule has 0 fully saturated rings. The minimum absolute atomic E-state index is 0.438. The molecule has 1 N–H and O–H groups in total. The van der Waals surface area contributed by atoms with Crippen LogP contribution in [0.1, 0.15) is 13.8 Å². The third-order valence-electron chi connectivity index (χ3n) is 0.575. The first-order chi connectivity index (χ1) is 4.83. The van der Waals surface area contributed by atoms with E-state index in [1.54, 1.807) is 0 Å². The highest BCUT2D eigenvalue weighted by molar-refractivity contribution is 4.08. The van der Waals surface area contributed by atoms with E-state index in [-0.39, 0.29) is 0 Å². The lowest BCUT2D eigenvalue weighted by Gasteiger charge is -1.97. The van der Waals surface area contributed by atoms with Crippen LogP contribution < -0.4 is 5.32 Å². The standard InChI is InChI=1S/C5H12O2.C2H7N/c1-3-6-5-7-4-2;1-3-2/h3-5H2,1-2H3;3H,1-2H3. The Labute approximate surface area is 63.7 Å². The molecule has 0 bridgehead atoms. The largest absolute Gasteiger partial charge is 0.356 e. The smallest absolute Gasteiger partial charge is 0.146 e. The maximum absolute atomic E-state index is 4.85. The molecule has 0 atom stereocenters. The average Bonchev–Trinajstić information content (AvgIpc) is 1.91. The molecule has 64 valence electrons. The van der Waals surface area contributed by atoms with Crippen LogP contribution in [0, 0.1) is 0 Å². The Morgan fingerprint density at radius 2 is 1.30 bits per heavy atom. The summed E-state index contributed by atoms with van der Waals surface area (Å²) in [5, 5.41) is 2.75. The second-order valence-corrected chi connectivity index (χ2v) is 1.60. The second-order valence-electron chi connectivity index (χ2n) is 1.60. The molecule has 0 saturated carbocycles. The summed E-state index contributed by atoms with van der Waals surface area (Å²) >= 11 is 0. The zero-order chi connectivity index (χ0) is 8.24. The molecule has 0 aromatic carbocycles. The highest BCUT2D eigenvalue weighted by Gasteiger charge is 1.76. The lowest BCUT2D eigenvalue weighted by molar-refractivity contribution is -0.0445. The predicted molar refractivity (Wildman–Crippen MR) is 43.1 cm³/mol. The van der Waals surface area contributed by atoms with E-state index in [9.17, 15) is 0 Å². The van der Waals surface area contributed by atoms with Crippen molar-refractivity contribution in [3.8, 4) is 0 Å². The summed E-state index contributed by atoms with van der Waals surface area (Å²) in [5.74, 6) is 0. The molecule has 0 aromatic rings. The molecule has 0 unspecified atom stereocenters. The van der Waals surface area contributed by atoms with E-state index < -0.39 is 0 Å². The van der Waals surface area contributed by atoms with E-state index in [1.165, 1.54) is 0 Å². The Balaban J connectivity index is 0. The minimum atomic E-state index is 0.438. The average molecular weight is 149 g/mol. The number of hydrogen-bond donors (Lipinski definition) is 1. The molecule has 0 spiro atoms. The van der Waals surface area contributed by atoms with Crippen molar-refractivity contribution in [3.05, 3.63) is 0 Å². The van der Waals surface area contributed by atoms with E-state index in [0.29, 0.717) is 6.79 Å². The van der Waals surface area contributed by atoms with Gasteiger partial charge < -0.3 is 14.8 Å². The molecule has 0 aliphatic carbocycles. The molecular weight excluding hydrogens is 130 g/mol. The van der Waals surface area contributed by atoms with Crippen molar-refractivity contribution < 1.29 is 9.47 Å². The molecule has 0 aliphatic rings. The Bertz CT molecular complexity index is 38.6. The van der Waals surface area contributed by atoms with Crippen molar-refractivity contribution >= 4 is 0 Å². The molecule has 10 heavy (non-hydrogen) atoms. The Morgan fingerprint density at radius 1 is 1.00 bits per heavy atom. The molecule has 0 aromatic heterocycles. The number of ether oxygens (including phenoxy) is 2. The van der Waals surface area contributed by atoms with Crippen molar-refractivity contribution in [2.75, 3.05) is 34.1 Å². The van der Waals surface area contributed by atoms with Crippen LogP contribution in [0.25, 0.3) is 0 Å². The monoisotopic (exact) mass is 149 g/mol. The highest BCUT2D eigenvalue weighted by atomic mass is 16.7. The van der Waals surface area contributed by atoms with Crippen LogP contribution in [0.2, 0.25) is 0 Å². The summed E-state index contributed by atoms with van der Waals surface area (Å²) in [7, 11) is 3.75. The predicted octanol–water partition coefficient (Wildman–Crippen LogP) is 0.853. The van der Waals surface area contributed by atoms with Gasteiger partial charge in [0.15, 0.2) is 0 Å². The SMILES string of the molecule is CCOCOCC.CNC. The third kappa shape index (κ3) is 24.8. The van der Waals surface area contributed by atoms with Crippen LogP contribution in [0.5, 0.6) is 0 Å². The van der Waals surface area contributed by atoms with Crippen LogP contribution in [-0.2, 0) is 9.47 Å². The van der Waals surface area contributed by atoms with E-state index in [1.807, 2.05) is 27.9 Å². The van der Waals surface area contributed by atoms with Gasteiger partial charge in [0.05, 0.1) is 0 Å². The van der Waals surface area contributed by atoms with Crippen LogP contribution >= 0.6 is 0 Å². The quantitative estimate of drug-likeness (QED) is 0.475. The number of rotatable bonds is 4. The molecule has 0 saturated heterocycles. The lowest BCUT2D eigenvalue weighted by atomic mass is 10.9. The zero-order valence-corrected chi connectivity index (χ0v) is 7.44. The van der Waals surface area contributed by atoms with E-state index in [2.05, 4.69) is 5.32 Å². The molecule has 3 heteroatoms. The van der Waals surface area contributed by atoms with Gasteiger partial charge in [0.25, 0.3) is 0 Å². The van der Waals surface area contributed by atoms with E-state index in [0.717, 1.165) is 13.2 Å². The molecule has 0 aliphatic heterocycles. The first-order valence-electron chi connectivity index (χ1n) is 3.57. The second kappa shape index (κ2) is 15.9. The number of hydrogen-bond acceptors (Lipinski definition) is 3. The topological polar surface area (TPSA) is 30.5 Å². The van der Waals surface area contributed by atoms with Crippen molar-refractivity contribution in [1.29, 1.82) is 0 Å². The minimum Gasteiger partial charge on any atom is -0.356 e. The van der Waals surface area contributed by atoms with Crippen LogP contribution in [0.4, 0.5) is 0 Å². The van der Waals surface area contributed by atoms with Gasteiger partial charge in [-0.3, -0.25) is 0 Å². The van der Waals surface area contributed by atoms with Crippen LogP contribution in [0.3, 0.4) is 0 Å². The van der Waals surface area contributed by atoms with Gasteiger partial charge in [-0.15, -0.1) is 0 Å². The summed E-state index contributed by atoms with van der Waals surface area (Å²) in [5.41, 5.74) is 0. The third-order valence-corrected chi connectivity index (χ3v) is 0.575. The summed E-state index contributed by atoms with van der Waals surface area (Å²) in [6.07, 6.45) is 0. The van der Waals surface area contributed by atoms with Gasteiger partial charge >= 0.3 is 0 Å². The number of nitrogens with one attached hydrogen (secondary N) is 1. The van der Waals surface area contributed by atoms with E-state index >= 15 is 0 Å². The first-order valence-corrected chi connectivity index (χ1v) is 3.57. The summed E-state index contributed by atoms with van der Waals surface area (Å²) < 4.78 is 9.70. The van der Waals surface area contributed by atoms with Gasteiger partial charge in [-0.1, -0.05) is 0 Å². The Morgan fingerprint density at radius 3 is 1.50 bits per heavy atom. The molecular formula is C7H19NO2. The Hall–Kier alpha value is -0.120. The van der Waals surface area contributed by atoms with Crippen molar-refractivity contribution in [3.63, 3.8) is 0 Å². The van der Waals surface area contributed by atoms with Gasteiger partial charge in [0, 0.05) is 13.2 Å². The summed E-state index contributed by atoms with van der Waals surface area (Å²) in [6.45, 7) is 5.80. The zero-order valence-electron chi connectivity index (χ0n) is 7.44. The van der Waals surface area contributed by atoms with E-state index in [4.69, 9.17) is 9.47 Å². The fourth-order valence-electron chi connectivity index (χ4n) is 0.226. The maximum atomic E-state index is 4.85. The molecule has 0 amide bonds. The first kappa shape index (κ1) is 12.5. The van der Waals surface area contributed by atoms with Crippen molar-refractivity contribution in [2.24, 2.45) is 0 Å².